The molecule has 0 bridgehead atoms. The highest BCUT2D eigenvalue weighted by Crippen LogP contribution is 2.28. The van der Waals surface area contributed by atoms with Gasteiger partial charge in [-0.05, 0) is 18.2 Å². The molecule has 7 heteroatoms. The van der Waals surface area contributed by atoms with Gasteiger partial charge in [0.1, 0.15) is 0 Å². The van der Waals surface area contributed by atoms with Gasteiger partial charge in [0, 0.05) is 19.1 Å². The third kappa shape index (κ3) is 3.58. The first-order valence-electron chi connectivity index (χ1n) is 4.07. The van der Waals surface area contributed by atoms with Crippen LogP contribution in [0.15, 0.2) is 18.2 Å². The molecule has 0 aliphatic heterocycles. The van der Waals surface area contributed by atoms with Gasteiger partial charge in [0.2, 0.25) is 0 Å². The predicted octanol–water partition coefficient (Wildman–Crippen LogP) is 1.02. The van der Waals surface area contributed by atoms with E-state index in [9.17, 15) is 8.42 Å². The summed E-state index contributed by atoms with van der Waals surface area (Å²) in [6.45, 7) is 0. The third-order valence-corrected chi connectivity index (χ3v) is 2.43. The van der Waals surface area contributed by atoms with E-state index in [0.717, 1.165) is 0 Å². The van der Waals surface area contributed by atoms with Gasteiger partial charge in [0.25, 0.3) is 10.2 Å². The van der Waals surface area contributed by atoms with E-state index in [1.807, 2.05) is 0 Å². The molecule has 15 heavy (non-hydrogen) atoms. The lowest BCUT2D eigenvalue weighted by Crippen LogP contribution is -2.23. The monoisotopic (exact) mass is 249 g/mol. The zero-order chi connectivity index (χ0) is 11.6. The number of rotatable bonds is 3. The summed E-state index contributed by atoms with van der Waals surface area (Å²) in [5, 5.41) is 5.32. The number of hydrogen-bond donors (Lipinski definition) is 2. The van der Waals surface area contributed by atoms with Crippen molar-refractivity contribution in [3.63, 3.8) is 0 Å². The molecule has 0 aromatic heterocycles. The topological polar surface area (TPSA) is 75.4 Å². The van der Waals surface area contributed by atoms with Crippen LogP contribution in [0.5, 0.6) is 0 Å². The fourth-order valence-electron chi connectivity index (χ4n) is 1.13. The van der Waals surface area contributed by atoms with Gasteiger partial charge < -0.3 is 4.90 Å². The smallest absolute Gasteiger partial charge is 0.296 e. The van der Waals surface area contributed by atoms with Gasteiger partial charge in [-0.15, -0.1) is 0 Å². The van der Waals surface area contributed by atoms with Crippen molar-refractivity contribution in [2.75, 3.05) is 23.7 Å². The average molecular weight is 250 g/mol. The summed E-state index contributed by atoms with van der Waals surface area (Å²) in [6.07, 6.45) is 0. The molecule has 0 atom stereocenters. The van der Waals surface area contributed by atoms with E-state index in [4.69, 9.17) is 16.7 Å². The largest absolute Gasteiger partial charge is 0.376 e. The SMILES string of the molecule is CN(C)c1ccc(Cl)cc1NS(N)(=O)=O. The Morgan fingerprint density at radius 3 is 2.47 bits per heavy atom. The van der Waals surface area contributed by atoms with Crippen molar-refractivity contribution in [2.45, 2.75) is 0 Å². The molecule has 0 unspecified atom stereocenters. The Hall–Kier alpha value is -0.980. The summed E-state index contributed by atoms with van der Waals surface area (Å²) in [4.78, 5) is 1.75. The minimum atomic E-state index is -3.79. The molecule has 0 aliphatic carbocycles. The number of nitrogens with two attached hydrogens (primary N) is 1. The first-order valence-corrected chi connectivity index (χ1v) is 5.99. The van der Waals surface area contributed by atoms with Crippen LogP contribution in [0.3, 0.4) is 0 Å². The molecular formula is C8H12ClN3O2S. The van der Waals surface area contributed by atoms with E-state index in [-0.39, 0.29) is 0 Å². The van der Waals surface area contributed by atoms with Crippen LogP contribution in [0.4, 0.5) is 11.4 Å². The maximum Gasteiger partial charge on any atom is 0.296 e. The van der Waals surface area contributed by atoms with Gasteiger partial charge in [-0.2, -0.15) is 8.42 Å². The van der Waals surface area contributed by atoms with Crippen LogP contribution in [0.1, 0.15) is 0 Å². The number of halogens is 1. The number of hydrogen-bond acceptors (Lipinski definition) is 3. The summed E-state index contributed by atoms with van der Waals surface area (Å²) in [5.41, 5.74) is 1.04. The summed E-state index contributed by atoms with van der Waals surface area (Å²) < 4.78 is 24.0. The van der Waals surface area contributed by atoms with Crippen LogP contribution in [-0.4, -0.2) is 22.5 Å². The molecule has 0 spiro atoms. The van der Waals surface area contributed by atoms with Gasteiger partial charge in [0.05, 0.1) is 11.4 Å². The van der Waals surface area contributed by atoms with Crippen LogP contribution < -0.4 is 14.8 Å². The number of nitrogens with zero attached hydrogens (tertiary/aromatic N) is 1. The Kier molecular flexibility index (Phi) is 3.43. The third-order valence-electron chi connectivity index (χ3n) is 1.69. The van der Waals surface area contributed by atoms with Crippen molar-refractivity contribution >= 4 is 33.2 Å². The van der Waals surface area contributed by atoms with E-state index in [2.05, 4.69) is 4.72 Å². The quantitative estimate of drug-likeness (QED) is 0.840. The average Bonchev–Trinajstić information content (AvgIpc) is 1.99. The number of nitrogens with one attached hydrogen (secondary N) is 1. The van der Waals surface area contributed by atoms with E-state index in [1.165, 1.54) is 6.07 Å². The maximum atomic E-state index is 10.9. The van der Waals surface area contributed by atoms with Crippen LogP contribution in [0.2, 0.25) is 5.02 Å². The van der Waals surface area contributed by atoms with Gasteiger partial charge in [-0.25, -0.2) is 5.14 Å². The van der Waals surface area contributed by atoms with Crippen molar-refractivity contribution in [1.82, 2.24) is 0 Å². The molecule has 5 nitrogen and oxygen atoms in total. The van der Waals surface area contributed by atoms with Gasteiger partial charge in [0.15, 0.2) is 0 Å². The van der Waals surface area contributed by atoms with Crippen LogP contribution >= 0.6 is 11.6 Å². The Balaban J connectivity index is 3.19. The first-order chi connectivity index (χ1) is 6.79. The predicted molar refractivity (Wildman–Crippen MR) is 62.5 cm³/mol. The zero-order valence-corrected chi connectivity index (χ0v) is 9.93. The van der Waals surface area contributed by atoms with Crippen molar-refractivity contribution in [1.29, 1.82) is 0 Å². The lowest BCUT2D eigenvalue weighted by Gasteiger charge is -2.17. The minimum absolute atomic E-state index is 0.356. The molecule has 0 fully saturated rings. The lowest BCUT2D eigenvalue weighted by atomic mass is 10.2. The molecule has 0 saturated heterocycles. The minimum Gasteiger partial charge on any atom is -0.376 e. The van der Waals surface area contributed by atoms with Crippen LogP contribution in [0, 0.1) is 0 Å². The molecule has 0 aliphatic rings. The van der Waals surface area contributed by atoms with E-state index < -0.39 is 10.2 Å². The van der Waals surface area contributed by atoms with Crippen LogP contribution in [0.25, 0.3) is 0 Å². The molecule has 3 N–H and O–H groups in total. The molecule has 0 radical (unpaired) electrons. The fourth-order valence-corrected chi connectivity index (χ4v) is 1.78. The van der Waals surface area contributed by atoms with E-state index >= 15 is 0 Å². The second-order valence-electron chi connectivity index (χ2n) is 3.20. The molecular weight excluding hydrogens is 238 g/mol. The Bertz CT molecular complexity index is 459. The van der Waals surface area contributed by atoms with Gasteiger partial charge >= 0.3 is 0 Å². The maximum absolute atomic E-state index is 10.9. The Morgan fingerprint density at radius 2 is 2.00 bits per heavy atom. The van der Waals surface area contributed by atoms with Crippen molar-refractivity contribution < 1.29 is 8.42 Å². The Labute approximate surface area is 94.0 Å². The molecule has 0 amide bonds. The standard InChI is InChI=1S/C8H12ClN3O2S/c1-12(2)8-4-3-6(9)5-7(8)11-15(10,13)14/h3-5,11H,1-2H3,(H2,10,13,14). The summed E-state index contributed by atoms with van der Waals surface area (Å²) in [5.74, 6) is 0. The molecule has 1 rings (SSSR count). The lowest BCUT2D eigenvalue weighted by molar-refractivity contribution is 0.603. The van der Waals surface area contributed by atoms with Crippen molar-refractivity contribution in [3.05, 3.63) is 23.2 Å². The number of anilines is 2. The molecule has 1 aromatic carbocycles. The first kappa shape index (κ1) is 12.1. The van der Waals surface area contributed by atoms with E-state index in [1.54, 1.807) is 31.1 Å². The summed E-state index contributed by atoms with van der Waals surface area (Å²) in [7, 11) is -0.207. The second-order valence-corrected chi connectivity index (χ2v) is 4.93. The highest BCUT2D eigenvalue weighted by atomic mass is 35.5. The highest BCUT2D eigenvalue weighted by molar-refractivity contribution is 7.90. The fraction of sp³-hybridized carbons (Fsp3) is 0.250. The summed E-state index contributed by atoms with van der Waals surface area (Å²) in [6, 6.07) is 4.88. The second kappa shape index (κ2) is 4.26. The van der Waals surface area contributed by atoms with Gasteiger partial charge in [-0.3, -0.25) is 4.72 Å². The molecule has 0 saturated carbocycles. The zero-order valence-electron chi connectivity index (χ0n) is 8.36. The molecule has 1 aromatic rings. The van der Waals surface area contributed by atoms with Crippen molar-refractivity contribution in [3.8, 4) is 0 Å². The number of benzene rings is 1. The van der Waals surface area contributed by atoms with Crippen LogP contribution in [-0.2, 0) is 10.2 Å². The Morgan fingerprint density at radius 1 is 1.40 bits per heavy atom. The molecule has 84 valence electrons. The normalized spacial score (nSPS) is 11.2. The highest BCUT2D eigenvalue weighted by Gasteiger charge is 2.09. The summed E-state index contributed by atoms with van der Waals surface area (Å²) >= 11 is 5.76. The molecule has 0 heterocycles. The van der Waals surface area contributed by atoms with Crippen molar-refractivity contribution in [2.24, 2.45) is 5.14 Å². The van der Waals surface area contributed by atoms with E-state index in [0.29, 0.717) is 16.4 Å². The van der Waals surface area contributed by atoms with Gasteiger partial charge in [-0.1, -0.05) is 11.6 Å².